The Bertz CT molecular complexity index is 247. The van der Waals surface area contributed by atoms with Gasteiger partial charge in [-0.05, 0) is 25.8 Å². The molecule has 0 radical (unpaired) electrons. The summed E-state index contributed by atoms with van der Waals surface area (Å²) in [6.07, 6.45) is 4.18. The summed E-state index contributed by atoms with van der Waals surface area (Å²) in [5.41, 5.74) is 4.24. The van der Waals surface area contributed by atoms with Gasteiger partial charge in [0, 0.05) is 6.42 Å². The molecule has 1 saturated carbocycles. The SMILES string of the molecule is NC(=O)CCCNC1(C(=O)O)CCCC1. The maximum absolute atomic E-state index is 11.1. The summed E-state index contributed by atoms with van der Waals surface area (Å²) in [7, 11) is 0. The van der Waals surface area contributed by atoms with Gasteiger partial charge in [0.15, 0.2) is 0 Å². The average molecular weight is 214 g/mol. The third kappa shape index (κ3) is 3.20. The van der Waals surface area contributed by atoms with E-state index in [4.69, 9.17) is 10.8 Å². The van der Waals surface area contributed by atoms with Gasteiger partial charge >= 0.3 is 5.97 Å². The van der Waals surface area contributed by atoms with E-state index in [0.717, 1.165) is 12.8 Å². The molecule has 1 amide bonds. The molecule has 0 atom stereocenters. The molecule has 1 aliphatic carbocycles. The Labute approximate surface area is 89.0 Å². The highest BCUT2D eigenvalue weighted by Crippen LogP contribution is 2.29. The van der Waals surface area contributed by atoms with Gasteiger partial charge in [-0.3, -0.25) is 9.59 Å². The molecule has 0 heterocycles. The maximum atomic E-state index is 11.1. The van der Waals surface area contributed by atoms with Crippen LogP contribution < -0.4 is 11.1 Å². The van der Waals surface area contributed by atoms with Crippen molar-refractivity contribution < 1.29 is 14.7 Å². The number of primary amides is 1. The molecular weight excluding hydrogens is 196 g/mol. The summed E-state index contributed by atoms with van der Waals surface area (Å²) in [4.78, 5) is 21.6. The zero-order valence-electron chi connectivity index (χ0n) is 8.79. The first-order chi connectivity index (χ1) is 7.07. The molecule has 4 N–H and O–H groups in total. The lowest BCUT2D eigenvalue weighted by Crippen LogP contribution is -2.50. The minimum absolute atomic E-state index is 0.308. The van der Waals surface area contributed by atoms with Gasteiger partial charge in [0.1, 0.15) is 5.54 Å². The number of rotatable bonds is 6. The molecule has 0 saturated heterocycles. The molecule has 5 nitrogen and oxygen atoms in total. The maximum Gasteiger partial charge on any atom is 0.323 e. The summed E-state index contributed by atoms with van der Waals surface area (Å²) in [6, 6.07) is 0. The molecule has 1 aliphatic rings. The van der Waals surface area contributed by atoms with Crippen molar-refractivity contribution in [1.82, 2.24) is 5.32 Å². The van der Waals surface area contributed by atoms with E-state index in [1.165, 1.54) is 0 Å². The van der Waals surface area contributed by atoms with Crippen LogP contribution >= 0.6 is 0 Å². The molecule has 0 aliphatic heterocycles. The molecule has 1 fully saturated rings. The van der Waals surface area contributed by atoms with Gasteiger partial charge < -0.3 is 16.2 Å². The Balaban J connectivity index is 2.33. The predicted molar refractivity (Wildman–Crippen MR) is 55.3 cm³/mol. The fourth-order valence-corrected chi connectivity index (χ4v) is 2.04. The van der Waals surface area contributed by atoms with Crippen molar-refractivity contribution in [2.24, 2.45) is 5.73 Å². The van der Waals surface area contributed by atoms with Crippen molar-refractivity contribution in [3.8, 4) is 0 Å². The lowest BCUT2D eigenvalue weighted by molar-refractivity contribution is -0.144. The van der Waals surface area contributed by atoms with Gasteiger partial charge in [0.25, 0.3) is 0 Å². The molecule has 86 valence electrons. The normalized spacial score (nSPS) is 18.9. The van der Waals surface area contributed by atoms with E-state index in [0.29, 0.717) is 32.2 Å². The Morgan fingerprint density at radius 2 is 1.93 bits per heavy atom. The van der Waals surface area contributed by atoms with Crippen LogP contribution in [-0.4, -0.2) is 29.1 Å². The number of carbonyl (C=O) groups is 2. The molecule has 1 rings (SSSR count). The van der Waals surface area contributed by atoms with Crippen LogP contribution in [0.3, 0.4) is 0 Å². The molecule has 0 aromatic rings. The number of hydrogen-bond acceptors (Lipinski definition) is 3. The highest BCUT2D eigenvalue weighted by atomic mass is 16.4. The highest BCUT2D eigenvalue weighted by molar-refractivity contribution is 5.79. The number of aliphatic carboxylic acids is 1. The van der Waals surface area contributed by atoms with Crippen LogP contribution in [0.2, 0.25) is 0 Å². The van der Waals surface area contributed by atoms with Crippen molar-refractivity contribution in [1.29, 1.82) is 0 Å². The minimum Gasteiger partial charge on any atom is -0.480 e. The number of nitrogens with two attached hydrogens (primary N) is 1. The van der Waals surface area contributed by atoms with Gasteiger partial charge in [-0.25, -0.2) is 0 Å². The van der Waals surface area contributed by atoms with Crippen molar-refractivity contribution in [3.63, 3.8) is 0 Å². The second kappa shape index (κ2) is 5.11. The fourth-order valence-electron chi connectivity index (χ4n) is 2.04. The third-order valence-corrected chi connectivity index (χ3v) is 2.93. The number of nitrogens with one attached hydrogen (secondary N) is 1. The van der Waals surface area contributed by atoms with Gasteiger partial charge in [0.2, 0.25) is 5.91 Å². The Morgan fingerprint density at radius 3 is 2.40 bits per heavy atom. The summed E-state index contributed by atoms with van der Waals surface area (Å²) in [6.45, 7) is 0.537. The molecule has 15 heavy (non-hydrogen) atoms. The van der Waals surface area contributed by atoms with Crippen LogP contribution in [0.4, 0.5) is 0 Å². The van der Waals surface area contributed by atoms with Gasteiger partial charge in [-0.2, -0.15) is 0 Å². The third-order valence-electron chi connectivity index (χ3n) is 2.93. The first kappa shape index (κ1) is 12.0. The standard InChI is InChI=1S/C10H18N2O3/c11-8(13)4-3-7-12-10(9(14)15)5-1-2-6-10/h12H,1-7H2,(H2,11,13)(H,14,15). The second-order valence-corrected chi connectivity index (χ2v) is 4.09. The van der Waals surface area contributed by atoms with E-state index in [1.54, 1.807) is 0 Å². The predicted octanol–water partition coefficient (Wildman–Crippen LogP) is 0.239. The van der Waals surface area contributed by atoms with Crippen LogP contribution in [-0.2, 0) is 9.59 Å². The van der Waals surface area contributed by atoms with E-state index < -0.39 is 11.5 Å². The van der Waals surface area contributed by atoms with Crippen molar-refractivity contribution in [2.45, 2.75) is 44.1 Å². The lowest BCUT2D eigenvalue weighted by atomic mass is 9.98. The molecule has 0 unspecified atom stereocenters. The van der Waals surface area contributed by atoms with Crippen LogP contribution in [0.15, 0.2) is 0 Å². The molecule has 5 heteroatoms. The van der Waals surface area contributed by atoms with E-state index in [1.807, 2.05) is 0 Å². The zero-order valence-corrected chi connectivity index (χ0v) is 8.79. The fraction of sp³-hybridized carbons (Fsp3) is 0.800. The van der Waals surface area contributed by atoms with Crippen LogP contribution in [0.5, 0.6) is 0 Å². The van der Waals surface area contributed by atoms with E-state index >= 15 is 0 Å². The Hall–Kier alpha value is -1.10. The monoisotopic (exact) mass is 214 g/mol. The summed E-state index contributed by atoms with van der Waals surface area (Å²) in [5, 5.41) is 12.2. The molecule has 0 aromatic heterocycles. The quantitative estimate of drug-likeness (QED) is 0.552. The van der Waals surface area contributed by atoms with Crippen molar-refractivity contribution in [3.05, 3.63) is 0 Å². The van der Waals surface area contributed by atoms with Crippen LogP contribution in [0, 0.1) is 0 Å². The first-order valence-electron chi connectivity index (χ1n) is 5.33. The largest absolute Gasteiger partial charge is 0.480 e. The number of hydrogen-bond donors (Lipinski definition) is 3. The molecular formula is C10H18N2O3. The number of carbonyl (C=O) groups excluding carboxylic acids is 1. The van der Waals surface area contributed by atoms with Crippen LogP contribution in [0.1, 0.15) is 38.5 Å². The molecule has 0 aromatic carbocycles. The highest BCUT2D eigenvalue weighted by Gasteiger charge is 2.40. The van der Waals surface area contributed by atoms with Gasteiger partial charge in [-0.15, -0.1) is 0 Å². The average Bonchev–Trinajstić information content (AvgIpc) is 2.62. The lowest BCUT2D eigenvalue weighted by Gasteiger charge is -2.25. The first-order valence-corrected chi connectivity index (χ1v) is 5.33. The van der Waals surface area contributed by atoms with Crippen molar-refractivity contribution in [2.75, 3.05) is 6.54 Å². The number of carboxylic acids is 1. The number of amides is 1. The van der Waals surface area contributed by atoms with E-state index in [-0.39, 0.29) is 5.91 Å². The molecule has 0 spiro atoms. The summed E-state index contributed by atoms with van der Waals surface area (Å²) in [5.74, 6) is -1.12. The Kier molecular flexibility index (Phi) is 4.08. The smallest absolute Gasteiger partial charge is 0.323 e. The van der Waals surface area contributed by atoms with Crippen molar-refractivity contribution >= 4 is 11.9 Å². The second-order valence-electron chi connectivity index (χ2n) is 4.09. The molecule has 0 bridgehead atoms. The van der Waals surface area contributed by atoms with E-state index in [9.17, 15) is 9.59 Å². The minimum atomic E-state index is -0.779. The van der Waals surface area contributed by atoms with Crippen LogP contribution in [0.25, 0.3) is 0 Å². The van der Waals surface area contributed by atoms with Gasteiger partial charge in [-0.1, -0.05) is 12.8 Å². The van der Waals surface area contributed by atoms with E-state index in [2.05, 4.69) is 5.32 Å². The summed E-state index contributed by atoms with van der Waals surface area (Å²) < 4.78 is 0. The Morgan fingerprint density at radius 1 is 1.33 bits per heavy atom. The van der Waals surface area contributed by atoms with Gasteiger partial charge in [0.05, 0.1) is 0 Å². The topological polar surface area (TPSA) is 92.4 Å². The number of carboxylic acid groups (broad SMARTS) is 1. The summed E-state index contributed by atoms with van der Waals surface area (Å²) >= 11 is 0. The zero-order chi connectivity index (χ0) is 11.3.